The van der Waals surface area contributed by atoms with Crippen LogP contribution in [0.1, 0.15) is 38.2 Å². The van der Waals surface area contributed by atoms with Gasteiger partial charge in [-0.25, -0.2) is 0 Å². The van der Waals surface area contributed by atoms with Crippen LogP contribution in [0.2, 0.25) is 0 Å². The molecule has 2 saturated heterocycles. The Kier molecular flexibility index (Phi) is 7.67. The molecule has 0 radical (unpaired) electrons. The number of fused-ring (bicyclic) bond motifs is 1. The van der Waals surface area contributed by atoms with Crippen LogP contribution in [-0.2, 0) is 6.42 Å². The second kappa shape index (κ2) is 11.2. The average Bonchev–Trinajstić information content (AvgIpc) is 3.58. The van der Waals surface area contributed by atoms with Gasteiger partial charge < -0.3 is 9.47 Å². The molecule has 2 fully saturated rings. The summed E-state index contributed by atoms with van der Waals surface area (Å²) in [4.78, 5) is 4.98. The molecule has 3 aromatic rings. The summed E-state index contributed by atoms with van der Waals surface area (Å²) in [5.74, 6) is 1.92. The van der Waals surface area contributed by atoms with Gasteiger partial charge in [0.15, 0.2) is 0 Å². The maximum Gasteiger partial charge on any atom is 0.120 e. The fourth-order valence-corrected chi connectivity index (χ4v) is 5.39. The maximum absolute atomic E-state index is 6.11. The van der Waals surface area contributed by atoms with Crippen LogP contribution in [0.15, 0.2) is 54.6 Å². The molecule has 0 saturated carbocycles. The first-order valence-corrected chi connectivity index (χ1v) is 13.2. The Hall–Kier alpha value is -2.56. The highest BCUT2D eigenvalue weighted by molar-refractivity contribution is 5.99. The first kappa shape index (κ1) is 23.2. The van der Waals surface area contributed by atoms with Crippen molar-refractivity contribution >= 4 is 10.8 Å². The summed E-state index contributed by atoms with van der Waals surface area (Å²) in [6.07, 6.45) is 6.30. The normalized spacial score (nSPS) is 17.0. The predicted octanol–water partition coefficient (Wildman–Crippen LogP) is 6.02. The average molecular weight is 459 g/mol. The van der Waals surface area contributed by atoms with Gasteiger partial charge in [-0.05, 0) is 110 Å². The van der Waals surface area contributed by atoms with E-state index in [9.17, 15) is 0 Å². The summed E-state index contributed by atoms with van der Waals surface area (Å²) in [7, 11) is 0. The van der Waals surface area contributed by atoms with Crippen molar-refractivity contribution in [3.05, 3.63) is 60.2 Å². The molecule has 0 aliphatic carbocycles. The lowest BCUT2D eigenvalue weighted by Gasteiger charge is -2.17. The van der Waals surface area contributed by atoms with Crippen LogP contribution < -0.4 is 9.47 Å². The van der Waals surface area contributed by atoms with Crippen molar-refractivity contribution in [3.8, 4) is 22.6 Å². The molecule has 0 amide bonds. The topological polar surface area (TPSA) is 24.9 Å². The lowest BCUT2D eigenvalue weighted by atomic mass is 9.92. The largest absolute Gasteiger partial charge is 0.492 e. The molecule has 5 rings (SSSR count). The molecule has 34 heavy (non-hydrogen) atoms. The van der Waals surface area contributed by atoms with Crippen molar-refractivity contribution in [2.75, 3.05) is 52.5 Å². The van der Waals surface area contributed by atoms with Crippen LogP contribution in [0.4, 0.5) is 0 Å². The van der Waals surface area contributed by atoms with E-state index in [4.69, 9.17) is 9.47 Å². The van der Waals surface area contributed by atoms with Crippen LogP contribution in [0, 0.1) is 0 Å². The maximum atomic E-state index is 6.11. The standard InChI is InChI=1S/C30H38N2O2/c1-2-24-7-8-26-23-28(34-22-20-32-17-5-6-18-32)13-14-29(26)30(24)25-9-11-27(12-10-25)33-21-19-31-15-3-4-16-31/h7-14,23H,2-6,15-22H2,1H3. The Morgan fingerprint density at radius 1 is 0.676 bits per heavy atom. The fourth-order valence-electron chi connectivity index (χ4n) is 5.39. The van der Waals surface area contributed by atoms with Gasteiger partial charge in [0, 0.05) is 13.1 Å². The van der Waals surface area contributed by atoms with Crippen LogP contribution >= 0.6 is 0 Å². The Morgan fingerprint density at radius 3 is 1.88 bits per heavy atom. The molecule has 3 aromatic carbocycles. The molecule has 2 aliphatic heterocycles. The summed E-state index contributed by atoms with van der Waals surface area (Å²) < 4.78 is 12.1. The summed E-state index contributed by atoms with van der Waals surface area (Å²) in [6, 6.07) is 19.7. The van der Waals surface area contributed by atoms with Gasteiger partial charge in [-0.1, -0.05) is 37.3 Å². The summed E-state index contributed by atoms with van der Waals surface area (Å²) in [5.41, 5.74) is 3.95. The summed E-state index contributed by atoms with van der Waals surface area (Å²) in [6.45, 7) is 10.6. The van der Waals surface area contributed by atoms with E-state index >= 15 is 0 Å². The zero-order valence-corrected chi connectivity index (χ0v) is 20.6. The van der Waals surface area contributed by atoms with Crippen molar-refractivity contribution in [1.82, 2.24) is 9.80 Å². The molecule has 0 N–H and O–H groups in total. The Bertz CT molecular complexity index is 1070. The van der Waals surface area contributed by atoms with Gasteiger partial charge >= 0.3 is 0 Å². The molecule has 4 nitrogen and oxygen atoms in total. The van der Waals surface area contributed by atoms with E-state index in [1.807, 2.05) is 0 Å². The molecule has 4 heteroatoms. The van der Waals surface area contributed by atoms with Gasteiger partial charge in [-0.15, -0.1) is 0 Å². The Balaban J connectivity index is 1.28. The highest BCUT2D eigenvalue weighted by Gasteiger charge is 2.13. The number of nitrogens with zero attached hydrogens (tertiary/aromatic N) is 2. The molecule has 180 valence electrons. The van der Waals surface area contributed by atoms with E-state index in [-0.39, 0.29) is 0 Å². The lowest BCUT2D eigenvalue weighted by Crippen LogP contribution is -2.25. The zero-order chi connectivity index (χ0) is 23.2. The highest BCUT2D eigenvalue weighted by Crippen LogP contribution is 2.35. The molecule has 0 atom stereocenters. The van der Waals surface area contributed by atoms with Crippen molar-refractivity contribution in [2.24, 2.45) is 0 Å². The second-order valence-corrected chi connectivity index (χ2v) is 9.65. The molecule has 0 aromatic heterocycles. The summed E-state index contributed by atoms with van der Waals surface area (Å²) in [5, 5.41) is 2.52. The van der Waals surface area contributed by atoms with E-state index in [0.29, 0.717) is 0 Å². The van der Waals surface area contributed by atoms with Crippen molar-refractivity contribution in [3.63, 3.8) is 0 Å². The van der Waals surface area contributed by atoms with Crippen LogP contribution in [0.25, 0.3) is 21.9 Å². The summed E-state index contributed by atoms with van der Waals surface area (Å²) >= 11 is 0. The van der Waals surface area contributed by atoms with E-state index < -0.39 is 0 Å². The minimum atomic E-state index is 0.755. The molecule has 0 unspecified atom stereocenters. The smallest absolute Gasteiger partial charge is 0.120 e. The third kappa shape index (κ3) is 5.56. The lowest BCUT2D eigenvalue weighted by molar-refractivity contribution is 0.238. The Labute approximate surface area is 204 Å². The SMILES string of the molecule is CCc1ccc2cc(OCCN3CCCC3)ccc2c1-c1ccc(OCCN2CCCC2)cc1. The second-order valence-electron chi connectivity index (χ2n) is 9.65. The highest BCUT2D eigenvalue weighted by atomic mass is 16.5. The van der Waals surface area contributed by atoms with E-state index in [1.165, 1.54) is 79.3 Å². The van der Waals surface area contributed by atoms with Gasteiger partial charge in [-0.2, -0.15) is 0 Å². The van der Waals surface area contributed by atoms with Gasteiger partial charge in [0.2, 0.25) is 0 Å². The van der Waals surface area contributed by atoms with Gasteiger partial charge in [0.25, 0.3) is 0 Å². The number of hydrogen-bond acceptors (Lipinski definition) is 4. The third-order valence-corrected chi connectivity index (χ3v) is 7.35. The predicted molar refractivity (Wildman–Crippen MR) is 141 cm³/mol. The quantitative estimate of drug-likeness (QED) is 0.371. The fraction of sp³-hybridized carbons (Fsp3) is 0.467. The zero-order valence-electron chi connectivity index (χ0n) is 20.6. The van der Waals surface area contributed by atoms with Gasteiger partial charge in [0.1, 0.15) is 24.7 Å². The van der Waals surface area contributed by atoms with Crippen LogP contribution in [0.3, 0.4) is 0 Å². The van der Waals surface area contributed by atoms with Crippen LogP contribution in [-0.4, -0.2) is 62.3 Å². The molecule has 0 bridgehead atoms. The Morgan fingerprint density at radius 2 is 1.26 bits per heavy atom. The number of likely N-dealkylation sites (tertiary alicyclic amines) is 2. The number of rotatable bonds is 10. The molecular formula is C30H38N2O2. The molecule has 2 heterocycles. The van der Waals surface area contributed by atoms with Crippen molar-refractivity contribution < 1.29 is 9.47 Å². The minimum Gasteiger partial charge on any atom is -0.492 e. The molecule has 2 aliphatic rings. The monoisotopic (exact) mass is 458 g/mol. The van der Waals surface area contributed by atoms with E-state index in [1.54, 1.807) is 0 Å². The van der Waals surface area contributed by atoms with Crippen LogP contribution in [0.5, 0.6) is 11.5 Å². The van der Waals surface area contributed by atoms with Gasteiger partial charge in [0.05, 0.1) is 0 Å². The number of ether oxygens (including phenoxy) is 2. The van der Waals surface area contributed by atoms with E-state index in [0.717, 1.165) is 44.2 Å². The van der Waals surface area contributed by atoms with Crippen molar-refractivity contribution in [1.29, 1.82) is 0 Å². The number of benzene rings is 3. The first-order valence-electron chi connectivity index (χ1n) is 13.2. The number of hydrogen-bond donors (Lipinski definition) is 0. The van der Waals surface area contributed by atoms with Gasteiger partial charge in [-0.3, -0.25) is 9.80 Å². The first-order chi connectivity index (χ1) is 16.8. The third-order valence-electron chi connectivity index (χ3n) is 7.35. The minimum absolute atomic E-state index is 0.755. The number of aryl methyl sites for hydroxylation is 1. The molecule has 0 spiro atoms. The van der Waals surface area contributed by atoms with E-state index in [2.05, 4.69) is 71.3 Å². The van der Waals surface area contributed by atoms with Crippen molar-refractivity contribution in [2.45, 2.75) is 39.0 Å². The molecular weight excluding hydrogens is 420 g/mol.